The molecule has 1 saturated carbocycles. The van der Waals surface area contributed by atoms with E-state index in [0.29, 0.717) is 5.92 Å². The van der Waals surface area contributed by atoms with E-state index >= 15 is 0 Å². The minimum Gasteiger partial charge on any atom is -0.324 e. The minimum absolute atomic E-state index is 0.125. The van der Waals surface area contributed by atoms with Gasteiger partial charge in [-0.2, -0.15) is 13.2 Å². The Bertz CT molecular complexity index is 363. The van der Waals surface area contributed by atoms with Gasteiger partial charge in [0.2, 0.25) is 0 Å². The Hall–Kier alpha value is -1.03. The van der Waals surface area contributed by atoms with Crippen LogP contribution in [0, 0.1) is 5.92 Å². The number of hydrogen-bond acceptors (Lipinski definition) is 1. The Kier molecular flexibility index (Phi) is 3.43. The fourth-order valence-electron chi connectivity index (χ4n) is 2.48. The quantitative estimate of drug-likeness (QED) is 0.837. The zero-order chi connectivity index (χ0) is 12.5. The summed E-state index contributed by atoms with van der Waals surface area (Å²) in [4.78, 5) is 0. The van der Waals surface area contributed by atoms with Crippen LogP contribution < -0.4 is 5.73 Å². The van der Waals surface area contributed by atoms with Gasteiger partial charge in [-0.1, -0.05) is 25.0 Å². The van der Waals surface area contributed by atoms with Gasteiger partial charge >= 0.3 is 6.18 Å². The van der Waals surface area contributed by atoms with E-state index < -0.39 is 11.7 Å². The van der Waals surface area contributed by atoms with Crippen molar-refractivity contribution in [3.63, 3.8) is 0 Å². The van der Waals surface area contributed by atoms with Gasteiger partial charge in [-0.3, -0.25) is 0 Å². The molecule has 0 unspecified atom stereocenters. The molecule has 1 fully saturated rings. The van der Waals surface area contributed by atoms with Gasteiger partial charge in [0.05, 0.1) is 5.56 Å². The zero-order valence-corrected chi connectivity index (χ0v) is 9.50. The third kappa shape index (κ3) is 2.80. The van der Waals surface area contributed by atoms with E-state index in [0.717, 1.165) is 30.5 Å². The maximum absolute atomic E-state index is 12.4. The fourth-order valence-corrected chi connectivity index (χ4v) is 2.48. The van der Waals surface area contributed by atoms with Crippen LogP contribution in [0.5, 0.6) is 0 Å². The molecule has 2 N–H and O–H groups in total. The molecule has 17 heavy (non-hydrogen) atoms. The summed E-state index contributed by atoms with van der Waals surface area (Å²) in [6, 6.07) is 5.12. The molecule has 4 heteroatoms. The summed E-state index contributed by atoms with van der Waals surface area (Å²) in [6.45, 7) is 0. The van der Waals surface area contributed by atoms with Crippen molar-refractivity contribution in [1.82, 2.24) is 0 Å². The molecular weight excluding hydrogens is 227 g/mol. The van der Waals surface area contributed by atoms with E-state index in [9.17, 15) is 13.2 Å². The first kappa shape index (κ1) is 12.4. The van der Waals surface area contributed by atoms with Crippen molar-refractivity contribution in [2.24, 2.45) is 11.7 Å². The Morgan fingerprint density at radius 2 is 1.59 bits per heavy atom. The molecule has 2 rings (SSSR count). The van der Waals surface area contributed by atoms with Crippen molar-refractivity contribution in [1.29, 1.82) is 0 Å². The Labute approximate surface area is 98.8 Å². The lowest BCUT2D eigenvalue weighted by Gasteiger charge is -2.19. The first-order chi connectivity index (χ1) is 7.98. The molecule has 0 aromatic heterocycles. The van der Waals surface area contributed by atoms with Crippen LogP contribution in [-0.2, 0) is 6.18 Å². The third-order valence-electron chi connectivity index (χ3n) is 3.53. The van der Waals surface area contributed by atoms with Crippen LogP contribution in [0.2, 0.25) is 0 Å². The van der Waals surface area contributed by atoms with Gasteiger partial charge in [-0.05, 0) is 36.5 Å². The smallest absolute Gasteiger partial charge is 0.324 e. The molecule has 94 valence electrons. The molecule has 0 bridgehead atoms. The molecular formula is C13H16F3N. The minimum atomic E-state index is -4.27. The lowest BCUT2D eigenvalue weighted by atomic mass is 9.92. The predicted molar refractivity (Wildman–Crippen MR) is 60.3 cm³/mol. The molecule has 0 heterocycles. The summed E-state index contributed by atoms with van der Waals surface area (Å²) < 4.78 is 37.2. The molecule has 1 aromatic rings. The van der Waals surface area contributed by atoms with Crippen molar-refractivity contribution in [3.05, 3.63) is 35.4 Å². The van der Waals surface area contributed by atoms with E-state index in [4.69, 9.17) is 5.73 Å². The first-order valence-corrected chi connectivity index (χ1v) is 5.91. The fraction of sp³-hybridized carbons (Fsp3) is 0.538. The maximum atomic E-state index is 12.4. The van der Waals surface area contributed by atoms with Crippen LogP contribution in [0.1, 0.15) is 42.9 Å². The molecule has 0 aliphatic heterocycles. The normalized spacial score (nSPS) is 19.5. The highest BCUT2D eigenvalue weighted by Crippen LogP contribution is 2.35. The first-order valence-electron chi connectivity index (χ1n) is 5.91. The molecule has 1 aliphatic carbocycles. The second-order valence-corrected chi connectivity index (χ2v) is 4.69. The highest BCUT2D eigenvalue weighted by Gasteiger charge is 2.30. The van der Waals surface area contributed by atoms with Gasteiger partial charge in [0.15, 0.2) is 0 Å². The Balaban J connectivity index is 2.12. The largest absolute Gasteiger partial charge is 0.416 e. The number of halogens is 3. The molecule has 0 radical (unpaired) electrons. The van der Waals surface area contributed by atoms with E-state index in [2.05, 4.69) is 0 Å². The number of nitrogens with two attached hydrogens (primary N) is 1. The molecule has 0 saturated heterocycles. The van der Waals surface area contributed by atoms with Gasteiger partial charge in [-0.25, -0.2) is 0 Å². The second kappa shape index (κ2) is 4.69. The van der Waals surface area contributed by atoms with Crippen molar-refractivity contribution in [2.75, 3.05) is 0 Å². The summed E-state index contributed by atoms with van der Waals surface area (Å²) in [7, 11) is 0. The number of alkyl halides is 3. The van der Waals surface area contributed by atoms with Crippen LogP contribution >= 0.6 is 0 Å². The highest BCUT2D eigenvalue weighted by molar-refractivity contribution is 5.27. The third-order valence-corrected chi connectivity index (χ3v) is 3.53. The van der Waals surface area contributed by atoms with Gasteiger partial charge in [-0.15, -0.1) is 0 Å². The summed E-state index contributed by atoms with van der Waals surface area (Å²) in [5, 5.41) is 0. The van der Waals surface area contributed by atoms with Gasteiger partial charge in [0.1, 0.15) is 0 Å². The van der Waals surface area contributed by atoms with Crippen molar-refractivity contribution in [2.45, 2.75) is 37.9 Å². The van der Waals surface area contributed by atoms with Gasteiger partial charge < -0.3 is 5.73 Å². The summed E-state index contributed by atoms with van der Waals surface area (Å²) in [5.74, 6) is 0.423. The molecule has 1 aliphatic rings. The van der Waals surface area contributed by atoms with Crippen LogP contribution in [0.15, 0.2) is 24.3 Å². The average Bonchev–Trinajstić information content (AvgIpc) is 2.80. The number of hydrogen-bond donors (Lipinski definition) is 1. The number of benzene rings is 1. The average molecular weight is 243 g/mol. The van der Waals surface area contributed by atoms with Gasteiger partial charge in [0, 0.05) is 6.04 Å². The van der Waals surface area contributed by atoms with E-state index in [1.54, 1.807) is 0 Å². The summed E-state index contributed by atoms with van der Waals surface area (Å²) >= 11 is 0. The molecule has 1 atom stereocenters. The highest BCUT2D eigenvalue weighted by atomic mass is 19.4. The standard InChI is InChI=1S/C13H16F3N/c14-13(15,16)11-7-5-10(6-8-11)12(17)9-3-1-2-4-9/h5-9,12H,1-4,17H2/t12-/m0/s1. The Morgan fingerprint density at radius 1 is 1.06 bits per heavy atom. The van der Waals surface area contributed by atoms with Crippen molar-refractivity contribution < 1.29 is 13.2 Å². The lowest BCUT2D eigenvalue weighted by molar-refractivity contribution is -0.137. The van der Waals surface area contributed by atoms with E-state index in [-0.39, 0.29) is 6.04 Å². The lowest BCUT2D eigenvalue weighted by Crippen LogP contribution is -2.19. The predicted octanol–water partition coefficient (Wildman–Crippen LogP) is 3.90. The van der Waals surface area contributed by atoms with E-state index in [1.165, 1.54) is 25.0 Å². The molecule has 1 aromatic carbocycles. The van der Waals surface area contributed by atoms with E-state index in [1.807, 2.05) is 0 Å². The van der Waals surface area contributed by atoms with Crippen molar-refractivity contribution in [3.8, 4) is 0 Å². The molecule has 1 nitrogen and oxygen atoms in total. The Morgan fingerprint density at radius 3 is 2.06 bits per heavy atom. The van der Waals surface area contributed by atoms with Crippen LogP contribution in [0.4, 0.5) is 13.2 Å². The number of rotatable bonds is 2. The van der Waals surface area contributed by atoms with Crippen LogP contribution in [0.3, 0.4) is 0 Å². The van der Waals surface area contributed by atoms with Crippen molar-refractivity contribution >= 4 is 0 Å². The van der Waals surface area contributed by atoms with Crippen LogP contribution in [0.25, 0.3) is 0 Å². The molecule has 0 spiro atoms. The summed E-state index contributed by atoms with van der Waals surface area (Å²) in [6.07, 6.45) is 0.262. The van der Waals surface area contributed by atoms with Crippen LogP contribution in [-0.4, -0.2) is 0 Å². The maximum Gasteiger partial charge on any atom is 0.416 e. The SMILES string of the molecule is N[C@H](c1ccc(C(F)(F)F)cc1)C1CCCC1. The topological polar surface area (TPSA) is 26.0 Å². The second-order valence-electron chi connectivity index (χ2n) is 4.69. The van der Waals surface area contributed by atoms with Gasteiger partial charge in [0.25, 0.3) is 0 Å². The molecule has 0 amide bonds. The zero-order valence-electron chi connectivity index (χ0n) is 9.50. The monoisotopic (exact) mass is 243 g/mol. The summed E-state index contributed by atoms with van der Waals surface area (Å²) in [5.41, 5.74) is 6.28.